The Kier molecular flexibility index (Phi) is 4.94. The first-order valence-corrected chi connectivity index (χ1v) is 7.09. The molecule has 0 heterocycles. The molecule has 0 amide bonds. The predicted molar refractivity (Wildman–Crippen MR) is 81.3 cm³/mol. The van der Waals surface area contributed by atoms with Gasteiger partial charge in [-0.1, -0.05) is 56.3 Å². The fraction of sp³-hybridized carbons (Fsp3) is 0.278. The third-order valence-electron chi connectivity index (χ3n) is 3.33. The summed E-state index contributed by atoms with van der Waals surface area (Å²) in [5.41, 5.74) is 1.96. The van der Waals surface area contributed by atoms with Crippen molar-refractivity contribution >= 4 is 5.78 Å². The highest BCUT2D eigenvalue weighted by Gasteiger charge is 2.19. The first-order valence-electron chi connectivity index (χ1n) is 7.09. The summed E-state index contributed by atoms with van der Waals surface area (Å²) >= 11 is 0. The molecule has 2 heteroatoms. The van der Waals surface area contributed by atoms with E-state index in [4.69, 9.17) is 4.74 Å². The summed E-state index contributed by atoms with van der Waals surface area (Å²) in [6.45, 7) is 4.08. The highest BCUT2D eigenvalue weighted by molar-refractivity contribution is 5.99. The summed E-state index contributed by atoms with van der Waals surface area (Å²) in [5.74, 6) is 0.783. The molecule has 2 aromatic rings. The fourth-order valence-corrected chi connectivity index (χ4v) is 2.08. The van der Waals surface area contributed by atoms with Gasteiger partial charge in [-0.15, -0.1) is 0 Å². The molecule has 0 N–H and O–H groups in total. The molecular weight excluding hydrogens is 248 g/mol. The molecule has 1 unspecified atom stereocenters. The highest BCUT2D eigenvalue weighted by atomic mass is 16.5. The second kappa shape index (κ2) is 6.90. The molecule has 0 aliphatic rings. The number of ether oxygens (including phenoxy) is 1. The van der Waals surface area contributed by atoms with E-state index in [9.17, 15) is 4.79 Å². The van der Waals surface area contributed by atoms with Gasteiger partial charge in [0.05, 0.1) is 0 Å². The van der Waals surface area contributed by atoms with E-state index >= 15 is 0 Å². The van der Waals surface area contributed by atoms with Crippen molar-refractivity contribution in [3.05, 3.63) is 65.7 Å². The van der Waals surface area contributed by atoms with Gasteiger partial charge in [0.25, 0.3) is 0 Å². The van der Waals surface area contributed by atoms with Crippen LogP contribution in [0.25, 0.3) is 0 Å². The van der Waals surface area contributed by atoms with Crippen LogP contribution in [0.4, 0.5) is 0 Å². The SMILES string of the molecule is CCc1ccc(OC(CC)C(=O)c2ccccc2)cc1. The number of hydrogen-bond acceptors (Lipinski definition) is 2. The minimum atomic E-state index is -0.426. The average molecular weight is 268 g/mol. The molecule has 1 atom stereocenters. The Morgan fingerprint density at radius 1 is 1.00 bits per heavy atom. The molecule has 104 valence electrons. The second-order valence-electron chi connectivity index (χ2n) is 4.74. The summed E-state index contributed by atoms with van der Waals surface area (Å²) in [6, 6.07) is 17.2. The van der Waals surface area contributed by atoms with Crippen LogP contribution in [0.2, 0.25) is 0 Å². The van der Waals surface area contributed by atoms with E-state index in [0.29, 0.717) is 12.0 Å². The van der Waals surface area contributed by atoms with Crippen LogP contribution in [-0.2, 0) is 6.42 Å². The third kappa shape index (κ3) is 3.47. The molecule has 0 saturated carbocycles. The number of rotatable bonds is 6. The molecule has 0 aromatic heterocycles. The van der Waals surface area contributed by atoms with Crippen LogP contribution in [0.1, 0.15) is 36.2 Å². The van der Waals surface area contributed by atoms with Gasteiger partial charge >= 0.3 is 0 Å². The van der Waals surface area contributed by atoms with E-state index in [1.165, 1.54) is 5.56 Å². The summed E-state index contributed by atoms with van der Waals surface area (Å²) in [5, 5.41) is 0. The smallest absolute Gasteiger partial charge is 0.203 e. The van der Waals surface area contributed by atoms with Crippen molar-refractivity contribution in [2.75, 3.05) is 0 Å². The fourth-order valence-electron chi connectivity index (χ4n) is 2.08. The highest BCUT2D eigenvalue weighted by Crippen LogP contribution is 2.17. The third-order valence-corrected chi connectivity index (χ3v) is 3.33. The number of carbonyl (C=O) groups excluding carboxylic acids is 1. The quantitative estimate of drug-likeness (QED) is 0.730. The van der Waals surface area contributed by atoms with Gasteiger partial charge in [0.2, 0.25) is 5.78 Å². The Morgan fingerprint density at radius 3 is 2.20 bits per heavy atom. The van der Waals surface area contributed by atoms with Crippen molar-refractivity contribution < 1.29 is 9.53 Å². The minimum absolute atomic E-state index is 0.0349. The Balaban J connectivity index is 2.10. The Morgan fingerprint density at radius 2 is 1.65 bits per heavy atom. The summed E-state index contributed by atoms with van der Waals surface area (Å²) in [4.78, 5) is 12.4. The largest absolute Gasteiger partial charge is 0.482 e. The van der Waals surface area contributed by atoms with Gasteiger partial charge in [-0.05, 0) is 30.5 Å². The maximum atomic E-state index is 12.4. The monoisotopic (exact) mass is 268 g/mol. The molecule has 2 nitrogen and oxygen atoms in total. The lowest BCUT2D eigenvalue weighted by atomic mass is 10.0. The lowest BCUT2D eigenvalue weighted by Gasteiger charge is -2.16. The van der Waals surface area contributed by atoms with E-state index in [1.54, 1.807) is 0 Å². The number of carbonyl (C=O) groups is 1. The zero-order valence-electron chi connectivity index (χ0n) is 12.0. The molecule has 0 spiro atoms. The zero-order valence-corrected chi connectivity index (χ0v) is 12.0. The number of hydrogen-bond donors (Lipinski definition) is 0. The molecule has 0 fully saturated rings. The van der Waals surface area contributed by atoms with E-state index < -0.39 is 6.10 Å². The van der Waals surface area contributed by atoms with Crippen molar-refractivity contribution in [3.8, 4) is 5.75 Å². The Labute approximate surface area is 120 Å². The molecule has 0 aliphatic heterocycles. The van der Waals surface area contributed by atoms with Crippen molar-refractivity contribution in [1.29, 1.82) is 0 Å². The maximum Gasteiger partial charge on any atom is 0.203 e. The van der Waals surface area contributed by atoms with Crippen molar-refractivity contribution in [1.82, 2.24) is 0 Å². The van der Waals surface area contributed by atoms with Crippen LogP contribution >= 0.6 is 0 Å². The summed E-state index contributed by atoms with van der Waals surface area (Å²) < 4.78 is 5.83. The Bertz CT molecular complexity index is 543. The van der Waals surface area contributed by atoms with Crippen LogP contribution in [0.15, 0.2) is 54.6 Å². The normalized spacial score (nSPS) is 11.9. The van der Waals surface area contributed by atoms with Crippen molar-refractivity contribution in [3.63, 3.8) is 0 Å². The lowest BCUT2D eigenvalue weighted by Crippen LogP contribution is -2.26. The van der Waals surface area contributed by atoms with Crippen molar-refractivity contribution in [2.45, 2.75) is 32.8 Å². The molecule has 0 aliphatic carbocycles. The minimum Gasteiger partial charge on any atom is -0.482 e. The van der Waals surface area contributed by atoms with Crippen LogP contribution in [-0.4, -0.2) is 11.9 Å². The van der Waals surface area contributed by atoms with Gasteiger partial charge < -0.3 is 4.74 Å². The predicted octanol–water partition coefficient (Wildman–Crippen LogP) is 4.29. The van der Waals surface area contributed by atoms with Crippen LogP contribution in [0, 0.1) is 0 Å². The first-order chi connectivity index (χ1) is 9.74. The topological polar surface area (TPSA) is 26.3 Å². The molecule has 0 bridgehead atoms. The van der Waals surface area contributed by atoms with Gasteiger partial charge in [-0.2, -0.15) is 0 Å². The van der Waals surface area contributed by atoms with Crippen LogP contribution < -0.4 is 4.74 Å². The van der Waals surface area contributed by atoms with Gasteiger partial charge in [-0.25, -0.2) is 0 Å². The van der Waals surface area contributed by atoms with Gasteiger partial charge in [-0.3, -0.25) is 4.79 Å². The summed E-state index contributed by atoms with van der Waals surface area (Å²) in [7, 11) is 0. The molecule has 20 heavy (non-hydrogen) atoms. The number of aryl methyl sites for hydroxylation is 1. The van der Waals surface area contributed by atoms with Gasteiger partial charge in [0.1, 0.15) is 5.75 Å². The van der Waals surface area contributed by atoms with Crippen LogP contribution in [0.3, 0.4) is 0 Å². The Hall–Kier alpha value is -2.09. The van der Waals surface area contributed by atoms with E-state index in [0.717, 1.165) is 12.2 Å². The summed E-state index contributed by atoms with van der Waals surface area (Å²) in [6.07, 6.45) is 1.23. The number of Topliss-reactive ketones (excluding diaryl/α,β-unsaturated/α-hetero) is 1. The zero-order chi connectivity index (χ0) is 14.4. The van der Waals surface area contributed by atoms with Crippen molar-refractivity contribution in [2.24, 2.45) is 0 Å². The average Bonchev–Trinajstić information content (AvgIpc) is 2.53. The molecule has 0 radical (unpaired) electrons. The van der Waals surface area contributed by atoms with Crippen LogP contribution in [0.5, 0.6) is 5.75 Å². The standard InChI is InChI=1S/C18H20O2/c1-3-14-10-12-16(13-11-14)20-17(4-2)18(19)15-8-6-5-7-9-15/h5-13,17H,3-4H2,1-2H3. The molecule has 2 rings (SSSR count). The maximum absolute atomic E-state index is 12.4. The molecule has 0 saturated heterocycles. The second-order valence-corrected chi connectivity index (χ2v) is 4.74. The van der Waals surface area contributed by atoms with E-state index in [2.05, 4.69) is 6.92 Å². The number of ketones is 1. The lowest BCUT2D eigenvalue weighted by molar-refractivity contribution is 0.0786. The van der Waals surface area contributed by atoms with E-state index in [-0.39, 0.29) is 5.78 Å². The van der Waals surface area contributed by atoms with Gasteiger partial charge in [0, 0.05) is 5.56 Å². The molecule has 2 aromatic carbocycles. The molecular formula is C18H20O2. The van der Waals surface area contributed by atoms with Gasteiger partial charge in [0.15, 0.2) is 6.10 Å². The van der Waals surface area contributed by atoms with E-state index in [1.807, 2.05) is 61.5 Å². The number of benzene rings is 2. The first kappa shape index (κ1) is 14.3.